The predicted octanol–water partition coefficient (Wildman–Crippen LogP) is 3.70. The minimum absolute atomic E-state index is 0.142. The quantitative estimate of drug-likeness (QED) is 0.642. The molecule has 2 aromatic heterocycles. The number of aromatic nitrogens is 3. The van der Waals surface area contributed by atoms with E-state index in [9.17, 15) is 4.79 Å². The van der Waals surface area contributed by atoms with Crippen molar-refractivity contribution in [1.82, 2.24) is 19.9 Å². The van der Waals surface area contributed by atoms with E-state index in [0.717, 1.165) is 41.3 Å². The van der Waals surface area contributed by atoms with Crippen LogP contribution in [0.2, 0.25) is 5.02 Å². The number of nitrogens with zero attached hydrogens (tertiary/aromatic N) is 5. The number of piperazine rings is 1. The lowest BCUT2D eigenvalue weighted by Gasteiger charge is -2.36. The summed E-state index contributed by atoms with van der Waals surface area (Å²) in [6.45, 7) is 6.91. The molecule has 0 radical (unpaired) electrons. The summed E-state index contributed by atoms with van der Waals surface area (Å²) in [4.78, 5) is 30.5. The van der Waals surface area contributed by atoms with E-state index in [0.29, 0.717) is 30.4 Å². The zero-order valence-electron chi connectivity index (χ0n) is 17.2. The summed E-state index contributed by atoms with van der Waals surface area (Å²) >= 11 is 5.93. The Bertz CT molecular complexity index is 1030. The standard InChI is InChI=1S/C23H24ClN5O/c1-16-17(2)26-22(19-4-3-9-25-15-19)27-23(16)29-12-10-28(11-13-29)21(30)14-18-5-7-20(24)8-6-18/h3-9,15H,10-14H2,1-2H3. The molecule has 1 amide bonds. The van der Waals surface area contributed by atoms with Gasteiger partial charge in [-0.1, -0.05) is 23.7 Å². The fourth-order valence-corrected chi connectivity index (χ4v) is 3.73. The van der Waals surface area contributed by atoms with Crippen molar-refractivity contribution in [3.05, 3.63) is 70.6 Å². The van der Waals surface area contributed by atoms with E-state index in [4.69, 9.17) is 16.6 Å². The third-order valence-electron chi connectivity index (χ3n) is 5.48. The van der Waals surface area contributed by atoms with Crippen LogP contribution < -0.4 is 4.90 Å². The van der Waals surface area contributed by atoms with Gasteiger partial charge in [0.2, 0.25) is 5.91 Å². The molecule has 7 heteroatoms. The van der Waals surface area contributed by atoms with Crippen LogP contribution in [0.3, 0.4) is 0 Å². The van der Waals surface area contributed by atoms with Gasteiger partial charge in [0.25, 0.3) is 0 Å². The number of rotatable bonds is 4. The number of halogens is 1. The van der Waals surface area contributed by atoms with Crippen molar-refractivity contribution >= 4 is 23.3 Å². The number of hydrogen-bond donors (Lipinski definition) is 0. The highest BCUT2D eigenvalue weighted by atomic mass is 35.5. The maximum Gasteiger partial charge on any atom is 0.227 e. The van der Waals surface area contributed by atoms with Crippen LogP contribution in [-0.4, -0.2) is 51.9 Å². The Morgan fingerprint density at radius 2 is 1.77 bits per heavy atom. The Morgan fingerprint density at radius 1 is 1.03 bits per heavy atom. The van der Waals surface area contributed by atoms with Crippen molar-refractivity contribution in [2.24, 2.45) is 0 Å². The van der Waals surface area contributed by atoms with Gasteiger partial charge in [0.15, 0.2) is 5.82 Å². The Hall–Kier alpha value is -2.99. The highest BCUT2D eigenvalue weighted by molar-refractivity contribution is 6.30. The molecular weight excluding hydrogens is 398 g/mol. The van der Waals surface area contributed by atoms with Crippen LogP contribution in [0.4, 0.5) is 5.82 Å². The van der Waals surface area contributed by atoms with Crippen molar-refractivity contribution < 1.29 is 4.79 Å². The van der Waals surface area contributed by atoms with Gasteiger partial charge in [-0.2, -0.15) is 0 Å². The number of benzene rings is 1. The Labute approximate surface area is 181 Å². The molecule has 6 nitrogen and oxygen atoms in total. The van der Waals surface area contributed by atoms with Gasteiger partial charge in [0.1, 0.15) is 5.82 Å². The van der Waals surface area contributed by atoms with E-state index in [-0.39, 0.29) is 5.91 Å². The number of amides is 1. The fourth-order valence-electron chi connectivity index (χ4n) is 3.60. The third kappa shape index (κ3) is 4.44. The Kier molecular flexibility index (Phi) is 5.95. The van der Waals surface area contributed by atoms with Gasteiger partial charge in [-0.15, -0.1) is 0 Å². The molecule has 1 fully saturated rings. The molecule has 1 saturated heterocycles. The van der Waals surface area contributed by atoms with Crippen LogP contribution in [0.1, 0.15) is 16.8 Å². The monoisotopic (exact) mass is 421 g/mol. The van der Waals surface area contributed by atoms with Gasteiger partial charge < -0.3 is 9.80 Å². The zero-order valence-corrected chi connectivity index (χ0v) is 17.9. The van der Waals surface area contributed by atoms with E-state index in [1.807, 2.05) is 48.2 Å². The number of carbonyl (C=O) groups is 1. The summed E-state index contributed by atoms with van der Waals surface area (Å²) in [5.74, 6) is 1.76. The first-order valence-corrected chi connectivity index (χ1v) is 10.4. The third-order valence-corrected chi connectivity index (χ3v) is 5.74. The molecule has 1 aliphatic heterocycles. The molecular formula is C23H24ClN5O. The van der Waals surface area contributed by atoms with E-state index in [2.05, 4.69) is 21.8 Å². The van der Waals surface area contributed by atoms with Crippen molar-refractivity contribution in [2.45, 2.75) is 20.3 Å². The van der Waals surface area contributed by atoms with Gasteiger partial charge in [0.05, 0.1) is 6.42 Å². The molecule has 0 unspecified atom stereocenters. The van der Waals surface area contributed by atoms with Gasteiger partial charge >= 0.3 is 0 Å². The Morgan fingerprint density at radius 3 is 2.43 bits per heavy atom. The molecule has 30 heavy (non-hydrogen) atoms. The minimum Gasteiger partial charge on any atom is -0.353 e. The highest BCUT2D eigenvalue weighted by Gasteiger charge is 2.24. The molecule has 154 valence electrons. The molecule has 0 atom stereocenters. The molecule has 1 aliphatic rings. The number of hydrogen-bond acceptors (Lipinski definition) is 5. The van der Waals surface area contributed by atoms with Crippen LogP contribution in [0.5, 0.6) is 0 Å². The van der Waals surface area contributed by atoms with Crippen molar-refractivity contribution in [3.8, 4) is 11.4 Å². The van der Waals surface area contributed by atoms with Crippen LogP contribution in [-0.2, 0) is 11.2 Å². The van der Waals surface area contributed by atoms with Crippen molar-refractivity contribution in [2.75, 3.05) is 31.1 Å². The first kappa shape index (κ1) is 20.3. The van der Waals surface area contributed by atoms with E-state index < -0.39 is 0 Å². The molecule has 0 saturated carbocycles. The van der Waals surface area contributed by atoms with Crippen molar-refractivity contribution in [3.63, 3.8) is 0 Å². The van der Waals surface area contributed by atoms with Crippen LogP contribution in [0.15, 0.2) is 48.8 Å². The predicted molar refractivity (Wildman–Crippen MR) is 119 cm³/mol. The highest BCUT2D eigenvalue weighted by Crippen LogP contribution is 2.25. The SMILES string of the molecule is Cc1nc(-c2cccnc2)nc(N2CCN(C(=O)Cc3ccc(Cl)cc3)CC2)c1C. The molecule has 3 aromatic rings. The second-order valence-corrected chi connectivity index (χ2v) is 7.93. The second kappa shape index (κ2) is 8.79. The smallest absolute Gasteiger partial charge is 0.227 e. The van der Waals surface area contributed by atoms with Crippen molar-refractivity contribution in [1.29, 1.82) is 0 Å². The summed E-state index contributed by atoms with van der Waals surface area (Å²) in [5.41, 5.74) is 3.91. The van der Waals surface area contributed by atoms with Gasteiger partial charge in [-0.25, -0.2) is 9.97 Å². The second-order valence-electron chi connectivity index (χ2n) is 7.49. The number of carbonyl (C=O) groups excluding carboxylic acids is 1. The fraction of sp³-hybridized carbons (Fsp3) is 0.304. The van der Waals surface area contributed by atoms with E-state index in [1.54, 1.807) is 12.4 Å². The minimum atomic E-state index is 0.142. The molecule has 0 spiro atoms. The summed E-state index contributed by atoms with van der Waals surface area (Å²) in [5, 5.41) is 0.681. The lowest BCUT2D eigenvalue weighted by Crippen LogP contribution is -2.49. The van der Waals surface area contributed by atoms with Gasteiger partial charge in [-0.3, -0.25) is 9.78 Å². The molecule has 4 rings (SSSR count). The zero-order chi connectivity index (χ0) is 21.1. The number of anilines is 1. The van der Waals surface area contributed by atoms with Gasteiger partial charge in [-0.05, 0) is 43.7 Å². The summed E-state index contributed by atoms with van der Waals surface area (Å²) < 4.78 is 0. The summed E-state index contributed by atoms with van der Waals surface area (Å²) in [6, 6.07) is 11.3. The van der Waals surface area contributed by atoms with Crippen LogP contribution in [0.25, 0.3) is 11.4 Å². The largest absolute Gasteiger partial charge is 0.353 e. The topological polar surface area (TPSA) is 62.2 Å². The first-order valence-electron chi connectivity index (χ1n) is 10.0. The molecule has 3 heterocycles. The maximum absolute atomic E-state index is 12.7. The lowest BCUT2D eigenvalue weighted by molar-refractivity contribution is -0.130. The molecule has 0 bridgehead atoms. The average Bonchev–Trinajstić information content (AvgIpc) is 2.78. The summed E-state index contributed by atoms with van der Waals surface area (Å²) in [7, 11) is 0. The number of pyridine rings is 1. The van der Waals surface area contributed by atoms with Gasteiger partial charge in [0, 0.05) is 60.4 Å². The van der Waals surface area contributed by atoms with E-state index in [1.165, 1.54) is 0 Å². The Balaban J connectivity index is 1.45. The maximum atomic E-state index is 12.7. The van der Waals surface area contributed by atoms with Crippen LogP contribution in [0, 0.1) is 13.8 Å². The summed E-state index contributed by atoms with van der Waals surface area (Å²) in [6.07, 6.45) is 3.92. The van der Waals surface area contributed by atoms with Crippen LogP contribution >= 0.6 is 11.6 Å². The van der Waals surface area contributed by atoms with E-state index >= 15 is 0 Å². The number of aryl methyl sites for hydroxylation is 1. The first-order chi connectivity index (χ1) is 14.5. The normalized spacial score (nSPS) is 14.1. The average molecular weight is 422 g/mol. The molecule has 0 aliphatic carbocycles. The molecule has 1 aromatic carbocycles. The molecule has 0 N–H and O–H groups in total. The lowest BCUT2D eigenvalue weighted by atomic mass is 10.1.